The fourth-order valence-electron chi connectivity index (χ4n) is 5.53. The molecular formula is C26H33F2N5O4. The fourth-order valence-corrected chi connectivity index (χ4v) is 5.53. The van der Waals surface area contributed by atoms with E-state index in [1.807, 2.05) is 18.7 Å². The molecule has 1 spiro atoms. The number of pyridine rings is 1. The van der Waals surface area contributed by atoms with E-state index in [0.717, 1.165) is 6.07 Å². The summed E-state index contributed by atoms with van der Waals surface area (Å²) in [6, 6.07) is 2.01. The highest BCUT2D eigenvalue weighted by molar-refractivity contribution is 6.07. The van der Waals surface area contributed by atoms with E-state index in [1.54, 1.807) is 14.7 Å². The summed E-state index contributed by atoms with van der Waals surface area (Å²) >= 11 is 0. The van der Waals surface area contributed by atoms with Crippen molar-refractivity contribution in [3.63, 3.8) is 0 Å². The first-order valence-corrected chi connectivity index (χ1v) is 13.0. The summed E-state index contributed by atoms with van der Waals surface area (Å²) in [4.78, 5) is 37.9. The highest BCUT2D eigenvalue weighted by Crippen LogP contribution is 2.38. The van der Waals surface area contributed by atoms with Gasteiger partial charge in [-0.15, -0.1) is 0 Å². The molecule has 3 amide bonds. The van der Waals surface area contributed by atoms with Gasteiger partial charge in [-0.1, -0.05) is 0 Å². The summed E-state index contributed by atoms with van der Waals surface area (Å²) in [5.41, 5.74) is 0.796. The lowest BCUT2D eigenvalue weighted by Crippen LogP contribution is -2.54. The highest BCUT2D eigenvalue weighted by Gasteiger charge is 2.41. The Labute approximate surface area is 214 Å². The Morgan fingerprint density at radius 3 is 2.22 bits per heavy atom. The maximum absolute atomic E-state index is 14.7. The maximum Gasteiger partial charge on any atom is 0.320 e. The van der Waals surface area contributed by atoms with Gasteiger partial charge in [0.1, 0.15) is 11.3 Å². The lowest BCUT2D eigenvalue weighted by molar-refractivity contribution is -0.169. The SMILES string of the molecule is CCN(CC)C(=O)N1CCN(C(=O)c2cnc3c(F)cc(F)cc3c2N2CCC3(CC2)OCCO3)CC1. The summed E-state index contributed by atoms with van der Waals surface area (Å²) in [5, 5.41) is 0.267. The molecule has 9 nitrogen and oxygen atoms in total. The fraction of sp³-hybridized carbons (Fsp3) is 0.577. The summed E-state index contributed by atoms with van der Waals surface area (Å²) < 4.78 is 40.7. The van der Waals surface area contributed by atoms with Crippen LogP contribution in [0.2, 0.25) is 0 Å². The second-order valence-electron chi connectivity index (χ2n) is 9.63. The Morgan fingerprint density at radius 2 is 1.59 bits per heavy atom. The zero-order valence-corrected chi connectivity index (χ0v) is 21.3. The number of amides is 3. The third-order valence-electron chi connectivity index (χ3n) is 7.62. The van der Waals surface area contributed by atoms with Gasteiger partial charge >= 0.3 is 6.03 Å². The van der Waals surface area contributed by atoms with Gasteiger partial charge in [0.15, 0.2) is 11.6 Å². The Kier molecular flexibility index (Phi) is 7.17. The topological polar surface area (TPSA) is 78.5 Å². The molecule has 0 radical (unpaired) electrons. The molecule has 3 fully saturated rings. The van der Waals surface area contributed by atoms with Crippen molar-refractivity contribution < 1.29 is 27.8 Å². The third kappa shape index (κ3) is 4.82. The van der Waals surface area contributed by atoms with Crippen molar-refractivity contribution in [3.8, 4) is 0 Å². The van der Waals surface area contributed by atoms with Crippen LogP contribution in [0.15, 0.2) is 18.3 Å². The number of piperazine rings is 1. The van der Waals surface area contributed by atoms with Gasteiger partial charge in [0.2, 0.25) is 0 Å². The van der Waals surface area contributed by atoms with Crippen molar-refractivity contribution in [3.05, 3.63) is 35.5 Å². The van der Waals surface area contributed by atoms with Crippen LogP contribution in [0.5, 0.6) is 0 Å². The molecule has 1 aromatic heterocycles. The van der Waals surface area contributed by atoms with Crippen LogP contribution in [-0.2, 0) is 9.47 Å². The molecule has 0 N–H and O–H groups in total. The average Bonchev–Trinajstić information content (AvgIpc) is 3.36. The molecule has 4 heterocycles. The third-order valence-corrected chi connectivity index (χ3v) is 7.62. The first-order valence-electron chi connectivity index (χ1n) is 13.0. The van der Waals surface area contributed by atoms with Gasteiger partial charge in [-0.3, -0.25) is 9.78 Å². The molecule has 3 aliphatic heterocycles. The number of piperidine rings is 1. The highest BCUT2D eigenvalue weighted by atomic mass is 19.1. The predicted octanol–water partition coefficient (Wildman–Crippen LogP) is 3.08. The molecule has 37 heavy (non-hydrogen) atoms. The molecule has 200 valence electrons. The van der Waals surface area contributed by atoms with E-state index < -0.39 is 17.4 Å². The number of benzene rings is 1. The van der Waals surface area contributed by atoms with E-state index in [2.05, 4.69) is 4.98 Å². The van der Waals surface area contributed by atoms with Gasteiger partial charge in [-0.05, 0) is 19.9 Å². The van der Waals surface area contributed by atoms with Gasteiger partial charge in [-0.2, -0.15) is 0 Å². The van der Waals surface area contributed by atoms with Crippen LogP contribution < -0.4 is 4.90 Å². The quantitative estimate of drug-likeness (QED) is 0.621. The van der Waals surface area contributed by atoms with Gasteiger partial charge in [0.05, 0.1) is 24.5 Å². The molecule has 0 saturated carbocycles. The minimum atomic E-state index is -0.769. The molecule has 3 saturated heterocycles. The summed E-state index contributed by atoms with van der Waals surface area (Å²) in [6.45, 7) is 8.79. The second kappa shape index (κ2) is 10.4. The Morgan fingerprint density at radius 1 is 0.973 bits per heavy atom. The average molecular weight is 518 g/mol. The Bertz CT molecular complexity index is 1170. The number of fused-ring (bicyclic) bond motifs is 1. The molecule has 11 heteroatoms. The van der Waals surface area contributed by atoms with Crippen molar-refractivity contribution in [1.82, 2.24) is 19.7 Å². The summed E-state index contributed by atoms with van der Waals surface area (Å²) in [7, 11) is 0. The van der Waals surface area contributed by atoms with E-state index in [-0.39, 0.29) is 22.8 Å². The molecule has 0 unspecified atom stereocenters. The number of carbonyl (C=O) groups is 2. The molecular weight excluding hydrogens is 484 g/mol. The first-order chi connectivity index (χ1) is 17.9. The van der Waals surface area contributed by atoms with Crippen molar-refractivity contribution >= 4 is 28.5 Å². The molecule has 3 aliphatic rings. The normalized spacial score (nSPS) is 19.6. The predicted molar refractivity (Wildman–Crippen MR) is 134 cm³/mol. The number of urea groups is 1. The largest absolute Gasteiger partial charge is 0.370 e. The molecule has 0 bridgehead atoms. The van der Waals surface area contributed by atoms with E-state index in [4.69, 9.17) is 9.47 Å². The number of carbonyl (C=O) groups excluding carboxylic acids is 2. The molecule has 0 aliphatic carbocycles. The minimum Gasteiger partial charge on any atom is -0.370 e. The van der Waals surface area contributed by atoms with Gasteiger partial charge in [-0.25, -0.2) is 13.6 Å². The zero-order valence-electron chi connectivity index (χ0n) is 21.3. The van der Waals surface area contributed by atoms with E-state index in [1.165, 1.54) is 12.3 Å². The van der Waals surface area contributed by atoms with Gasteiger partial charge in [0, 0.05) is 82.8 Å². The smallest absolute Gasteiger partial charge is 0.320 e. The Balaban J connectivity index is 1.42. The van der Waals surface area contributed by atoms with Gasteiger partial charge < -0.3 is 29.1 Å². The number of ether oxygens (including phenoxy) is 2. The lowest BCUT2D eigenvalue weighted by Gasteiger charge is -2.40. The molecule has 0 atom stereocenters. The molecule has 2 aromatic rings. The van der Waals surface area contributed by atoms with Crippen molar-refractivity contribution in [1.29, 1.82) is 0 Å². The molecule has 5 rings (SSSR count). The van der Waals surface area contributed by atoms with Crippen LogP contribution in [-0.4, -0.2) is 103 Å². The van der Waals surface area contributed by atoms with Crippen LogP contribution in [0.4, 0.5) is 19.3 Å². The van der Waals surface area contributed by atoms with Crippen molar-refractivity contribution in [2.24, 2.45) is 0 Å². The van der Waals surface area contributed by atoms with Gasteiger partial charge in [0.25, 0.3) is 5.91 Å². The monoisotopic (exact) mass is 517 g/mol. The maximum atomic E-state index is 14.7. The number of aromatic nitrogens is 1. The van der Waals surface area contributed by atoms with E-state index >= 15 is 0 Å². The van der Waals surface area contributed by atoms with Crippen LogP contribution in [0.1, 0.15) is 37.0 Å². The van der Waals surface area contributed by atoms with Crippen molar-refractivity contribution in [2.45, 2.75) is 32.5 Å². The molecule has 1 aromatic carbocycles. The van der Waals surface area contributed by atoms with Crippen LogP contribution in [0.3, 0.4) is 0 Å². The zero-order chi connectivity index (χ0) is 26.2. The Hall–Kier alpha value is -3.05. The first kappa shape index (κ1) is 25.6. The second-order valence-corrected chi connectivity index (χ2v) is 9.63. The summed E-state index contributed by atoms with van der Waals surface area (Å²) in [5.74, 6) is -2.39. The van der Waals surface area contributed by atoms with Crippen LogP contribution >= 0.6 is 0 Å². The van der Waals surface area contributed by atoms with E-state index in [9.17, 15) is 18.4 Å². The van der Waals surface area contributed by atoms with E-state index in [0.29, 0.717) is 89.7 Å². The van der Waals surface area contributed by atoms with Crippen LogP contribution in [0, 0.1) is 11.6 Å². The summed E-state index contributed by atoms with van der Waals surface area (Å²) in [6.07, 6.45) is 2.55. The lowest BCUT2D eigenvalue weighted by atomic mass is 9.99. The number of nitrogens with zero attached hydrogens (tertiary/aromatic N) is 5. The number of hydrogen-bond donors (Lipinski definition) is 0. The van der Waals surface area contributed by atoms with Crippen LogP contribution in [0.25, 0.3) is 10.9 Å². The minimum absolute atomic E-state index is 0.0243. The number of rotatable bonds is 4. The number of hydrogen-bond acceptors (Lipinski definition) is 6. The number of anilines is 1. The van der Waals surface area contributed by atoms with Crippen molar-refractivity contribution in [2.75, 3.05) is 70.5 Å². The number of halogens is 2. The standard InChI is InChI=1S/C26H33F2N5O4/c1-3-30(4-2)25(35)33-11-9-32(10-12-33)24(34)20-17-29-22-19(15-18(27)16-21(22)28)23(20)31-7-5-26(6-8-31)36-13-14-37-26/h15-17H,3-14H2,1-2H3.